The molecule has 1 N–H and O–H groups in total. The molecule has 0 aliphatic heterocycles. The molecule has 0 aliphatic carbocycles. The Hall–Kier alpha value is -3.37. The topological polar surface area (TPSA) is 39.3 Å². The number of nitrogens with zero attached hydrogens (tertiary/aromatic N) is 2. The van der Waals surface area contributed by atoms with E-state index in [0.717, 1.165) is 54.0 Å². The molecule has 0 saturated heterocycles. The number of fused-ring (bicyclic) bond motifs is 1. The molecule has 0 fully saturated rings. The van der Waals surface area contributed by atoms with Crippen LogP contribution in [0.25, 0.3) is 10.9 Å². The van der Waals surface area contributed by atoms with Crippen LogP contribution in [0.4, 0.5) is 5.69 Å². The number of aryl methyl sites for hydroxylation is 1. The fraction of sp³-hybridized carbons (Fsp3) is 0.276. The molecule has 0 bridgehead atoms. The van der Waals surface area contributed by atoms with Crippen LogP contribution in [0.1, 0.15) is 36.2 Å². The van der Waals surface area contributed by atoms with E-state index < -0.39 is 0 Å². The number of nitrogens with one attached hydrogen (secondary N) is 1. The highest BCUT2D eigenvalue weighted by atomic mass is 16.1. The molecule has 4 heteroatoms. The van der Waals surface area contributed by atoms with Gasteiger partial charge in [0.25, 0.3) is 0 Å². The largest absolute Gasteiger partial charge is 0.372 e. The van der Waals surface area contributed by atoms with E-state index in [1.165, 1.54) is 11.1 Å². The van der Waals surface area contributed by atoms with Crippen LogP contribution < -0.4 is 10.3 Å². The number of benzene rings is 3. The van der Waals surface area contributed by atoms with E-state index in [0.29, 0.717) is 6.54 Å². The van der Waals surface area contributed by atoms with Gasteiger partial charge in [-0.15, -0.1) is 0 Å². The summed E-state index contributed by atoms with van der Waals surface area (Å²) in [6.07, 6.45) is 0. The third-order valence-corrected chi connectivity index (χ3v) is 6.31. The van der Waals surface area contributed by atoms with E-state index in [9.17, 15) is 4.79 Å². The number of pyridine rings is 1. The summed E-state index contributed by atoms with van der Waals surface area (Å²) in [5, 5.41) is 0.763. The molecule has 4 aromatic rings. The lowest BCUT2D eigenvalue weighted by molar-refractivity contribution is 0.246. The third kappa shape index (κ3) is 5.35. The summed E-state index contributed by atoms with van der Waals surface area (Å²) in [4.78, 5) is 21.8. The van der Waals surface area contributed by atoms with Gasteiger partial charge in [-0.3, -0.25) is 9.69 Å². The van der Waals surface area contributed by atoms with Gasteiger partial charge in [0, 0.05) is 60.6 Å². The monoisotopic (exact) mass is 439 g/mol. The number of aromatic nitrogens is 1. The SMILES string of the molecule is CCN(CC)c1ccc2[nH]c(C)c(CN(Cc3ccccc3)Cc3ccccc3)c(=O)c2c1. The predicted octanol–water partition coefficient (Wildman–Crippen LogP) is 5.89. The van der Waals surface area contributed by atoms with Gasteiger partial charge in [-0.25, -0.2) is 0 Å². The Balaban J connectivity index is 1.71. The third-order valence-electron chi connectivity index (χ3n) is 6.31. The van der Waals surface area contributed by atoms with E-state index in [2.05, 4.69) is 83.2 Å². The summed E-state index contributed by atoms with van der Waals surface area (Å²) in [6, 6.07) is 27.1. The van der Waals surface area contributed by atoms with Gasteiger partial charge in [0.2, 0.25) is 0 Å². The minimum Gasteiger partial charge on any atom is -0.372 e. The highest BCUT2D eigenvalue weighted by Crippen LogP contribution is 2.21. The smallest absolute Gasteiger partial charge is 0.194 e. The van der Waals surface area contributed by atoms with E-state index >= 15 is 0 Å². The van der Waals surface area contributed by atoms with Crippen molar-refractivity contribution in [2.24, 2.45) is 0 Å². The molecule has 0 amide bonds. The Morgan fingerprint density at radius 3 is 1.88 bits per heavy atom. The molecule has 4 nitrogen and oxygen atoms in total. The standard InChI is InChI=1S/C29H33N3O/c1-4-32(5-2)25-16-17-28-26(18-25)29(33)27(22(3)30-28)21-31(19-23-12-8-6-9-13-23)20-24-14-10-7-11-15-24/h6-18H,4-5,19-21H2,1-3H3,(H,30,33). The zero-order chi connectivity index (χ0) is 23.2. The minimum atomic E-state index is 0.126. The van der Waals surface area contributed by atoms with Crippen LogP contribution in [0, 0.1) is 6.92 Å². The van der Waals surface area contributed by atoms with Crippen LogP contribution in [-0.4, -0.2) is 23.0 Å². The molecule has 33 heavy (non-hydrogen) atoms. The normalized spacial score (nSPS) is 11.3. The van der Waals surface area contributed by atoms with Gasteiger partial charge in [0.1, 0.15) is 0 Å². The fourth-order valence-corrected chi connectivity index (χ4v) is 4.49. The molecule has 1 heterocycles. The van der Waals surface area contributed by atoms with Gasteiger partial charge < -0.3 is 9.88 Å². The van der Waals surface area contributed by atoms with Gasteiger partial charge in [0.15, 0.2) is 5.43 Å². The first-order chi connectivity index (χ1) is 16.1. The Morgan fingerprint density at radius 1 is 0.758 bits per heavy atom. The summed E-state index contributed by atoms with van der Waals surface area (Å²) < 4.78 is 0. The van der Waals surface area contributed by atoms with Crippen molar-refractivity contribution in [3.05, 3.63) is 111 Å². The number of H-pyrrole nitrogens is 1. The maximum atomic E-state index is 13.7. The van der Waals surface area contributed by atoms with Gasteiger partial charge in [0.05, 0.1) is 0 Å². The Kier molecular flexibility index (Phi) is 7.26. The lowest BCUT2D eigenvalue weighted by atomic mass is 10.1. The Morgan fingerprint density at radius 2 is 1.33 bits per heavy atom. The summed E-state index contributed by atoms with van der Waals surface area (Å²) in [5.41, 5.74) is 6.38. The molecule has 0 atom stereocenters. The van der Waals surface area contributed by atoms with Crippen LogP contribution in [0.2, 0.25) is 0 Å². The molecule has 0 unspecified atom stereocenters. The molecular formula is C29H33N3O. The molecule has 4 rings (SSSR count). The number of aromatic amines is 1. The average Bonchev–Trinajstić information content (AvgIpc) is 2.84. The van der Waals surface area contributed by atoms with E-state index in [1.54, 1.807) is 0 Å². The number of anilines is 1. The number of hydrogen-bond donors (Lipinski definition) is 1. The van der Waals surface area contributed by atoms with Crippen molar-refractivity contribution >= 4 is 16.6 Å². The molecule has 0 radical (unpaired) electrons. The number of hydrogen-bond acceptors (Lipinski definition) is 3. The zero-order valence-electron chi connectivity index (χ0n) is 19.8. The molecule has 170 valence electrons. The zero-order valence-corrected chi connectivity index (χ0v) is 19.8. The summed E-state index contributed by atoms with van der Waals surface area (Å²) in [5.74, 6) is 0. The van der Waals surface area contributed by atoms with Crippen molar-refractivity contribution in [1.29, 1.82) is 0 Å². The highest BCUT2D eigenvalue weighted by molar-refractivity contribution is 5.83. The Bertz CT molecular complexity index is 1200. The van der Waals surface area contributed by atoms with Gasteiger partial charge in [-0.05, 0) is 50.1 Å². The van der Waals surface area contributed by atoms with Crippen molar-refractivity contribution in [2.45, 2.75) is 40.4 Å². The van der Waals surface area contributed by atoms with E-state index in [1.807, 2.05) is 31.2 Å². The lowest BCUT2D eigenvalue weighted by Gasteiger charge is -2.24. The highest BCUT2D eigenvalue weighted by Gasteiger charge is 2.16. The number of rotatable bonds is 9. The molecular weight excluding hydrogens is 406 g/mol. The van der Waals surface area contributed by atoms with E-state index in [4.69, 9.17) is 0 Å². The van der Waals surface area contributed by atoms with Crippen molar-refractivity contribution < 1.29 is 0 Å². The molecule has 1 aromatic heterocycles. The van der Waals surface area contributed by atoms with Crippen LogP contribution in [-0.2, 0) is 19.6 Å². The second-order valence-electron chi connectivity index (χ2n) is 8.58. The molecule has 0 spiro atoms. The first-order valence-electron chi connectivity index (χ1n) is 11.8. The first-order valence-corrected chi connectivity index (χ1v) is 11.8. The summed E-state index contributed by atoms with van der Waals surface area (Å²) in [6.45, 7) is 10.3. The van der Waals surface area contributed by atoms with Crippen molar-refractivity contribution in [3.8, 4) is 0 Å². The average molecular weight is 440 g/mol. The molecule has 0 saturated carbocycles. The molecule has 0 aliphatic rings. The van der Waals surface area contributed by atoms with Crippen molar-refractivity contribution in [2.75, 3.05) is 18.0 Å². The summed E-state index contributed by atoms with van der Waals surface area (Å²) >= 11 is 0. The lowest BCUT2D eigenvalue weighted by Crippen LogP contribution is -2.27. The quantitative estimate of drug-likeness (QED) is 0.354. The van der Waals surface area contributed by atoms with Crippen molar-refractivity contribution in [1.82, 2.24) is 9.88 Å². The summed E-state index contributed by atoms with van der Waals surface area (Å²) in [7, 11) is 0. The van der Waals surface area contributed by atoms with Gasteiger partial charge in [-0.2, -0.15) is 0 Å². The second kappa shape index (κ2) is 10.5. The van der Waals surface area contributed by atoms with Crippen LogP contribution in [0.5, 0.6) is 0 Å². The second-order valence-corrected chi connectivity index (χ2v) is 8.58. The van der Waals surface area contributed by atoms with Gasteiger partial charge in [-0.1, -0.05) is 60.7 Å². The molecule has 3 aromatic carbocycles. The van der Waals surface area contributed by atoms with Crippen molar-refractivity contribution in [3.63, 3.8) is 0 Å². The van der Waals surface area contributed by atoms with Crippen LogP contribution in [0.15, 0.2) is 83.7 Å². The predicted molar refractivity (Wildman–Crippen MR) is 139 cm³/mol. The van der Waals surface area contributed by atoms with Crippen LogP contribution >= 0.6 is 0 Å². The fourth-order valence-electron chi connectivity index (χ4n) is 4.49. The maximum absolute atomic E-state index is 13.7. The van der Waals surface area contributed by atoms with Crippen LogP contribution in [0.3, 0.4) is 0 Å². The maximum Gasteiger partial charge on any atom is 0.194 e. The van der Waals surface area contributed by atoms with Gasteiger partial charge >= 0.3 is 0 Å². The minimum absolute atomic E-state index is 0.126. The van der Waals surface area contributed by atoms with E-state index in [-0.39, 0.29) is 5.43 Å². The first kappa shape index (κ1) is 22.8. The Labute approximate surface area is 196 Å².